The zero-order valence-electron chi connectivity index (χ0n) is 6.30. The lowest BCUT2D eigenvalue weighted by Gasteiger charge is -2.15. The van der Waals surface area contributed by atoms with E-state index < -0.39 is 0 Å². The molecule has 1 N–H and O–H groups in total. The molecule has 0 saturated carbocycles. The minimum Gasteiger partial charge on any atom is -0.381 e. The van der Waals surface area contributed by atoms with Crippen molar-refractivity contribution in [3.05, 3.63) is 42.3 Å². The smallest absolute Gasteiger partial charge is 0.0416 e. The highest BCUT2D eigenvalue weighted by atomic mass is 14.9. The van der Waals surface area contributed by atoms with Crippen LogP contribution in [0.2, 0.25) is 0 Å². The summed E-state index contributed by atoms with van der Waals surface area (Å²) in [5, 5.41) is 3.28. The molecule has 11 heavy (non-hydrogen) atoms. The van der Waals surface area contributed by atoms with Gasteiger partial charge in [-0.25, -0.2) is 0 Å². The first kappa shape index (κ1) is 6.47. The van der Waals surface area contributed by atoms with E-state index in [4.69, 9.17) is 0 Å². The third kappa shape index (κ3) is 1.14. The average Bonchev–Trinajstić information content (AvgIpc) is 2.04. The molecule has 0 atom stereocenters. The predicted octanol–water partition coefficient (Wildman–Crippen LogP) is 2.33. The number of hydrogen-bond donors (Lipinski definition) is 1. The third-order valence-electron chi connectivity index (χ3n) is 1.83. The van der Waals surface area contributed by atoms with Gasteiger partial charge in [0.05, 0.1) is 0 Å². The van der Waals surface area contributed by atoms with Gasteiger partial charge < -0.3 is 5.32 Å². The lowest BCUT2D eigenvalue weighted by atomic mass is 10.1. The fourth-order valence-corrected chi connectivity index (χ4v) is 1.26. The molecule has 55 valence electrons. The summed E-state index contributed by atoms with van der Waals surface area (Å²) in [6.45, 7) is 4.77. The van der Waals surface area contributed by atoms with Crippen LogP contribution in [0.4, 0.5) is 5.69 Å². The zero-order valence-corrected chi connectivity index (χ0v) is 6.30. The predicted molar refractivity (Wildman–Crippen MR) is 48.3 cm³/mol. The van der Waals surface area contributed by atoms with Crippen molar-refractivity contribution in [2.75, 3.05) is 11.9 Å². The van der Waals surface area contributed by atoms with E-state index in [1.807, 2.05) is 12.1 Å². The SMILES string of the molecule is [CH2]C1=Cc2ccccc2NC1. The van der Waals surface area contributed by atoms with Crippen molar-refractivity contribution in [1.82, 2.24) is 0 Å². The third-order valence-corrected chi connectivity index (χ3v) is 1.83. The summed E-state index contributed by atoms with van der Waals surface area (Å²) in [6.07, 6.45) is 2.12. The van der Waals surface area contributed by atoms with Crippen LogP contribution in [0.25, 0.3) is 6.08 Å². The Bertz CT molecular complexity index is 299. The van der Waals surface area contributed by atoms with Crippen LogP contribution in [0.5, 0.6) is 0 Å². The zero-order chi connectivity index (χ0) is 7.68. The fourth-order valence-electron chi connectivity index (χ4n) is 1.26. The van der Waals surface area contributed by atoms with Gasteiger partial charge in [0, 0.05) is 12.2 Å². The van der Waals surface area contributed by atoms with Gasteiger partial charge in [-0.2, -0.15) is 0 Å². The highest BCUT2D eigenvalue weighted by Gasteiger charge is 2.03. The lowest BCUT2D eigenvalue weighted by molar-refractivity contribution is 1.24. The molecule has 0 saturated heterocycles. The van der Waals surface area contributed by atoms with E-state index in [2.05, 4.69) is 30.4 Å². The molecule has 0 amide bonds. The number of rotatable bonds is 0. The molecule has 0 aromatic heterocycles. The molecular weight excluding hydrogens is 134 g/mol. The summed E-state index contributed by atoms with van der Waals surface area (Å²) >= 11 is 0. The number of benzene rings is 1. The van der Waals surface area contributed by atoms with E-state index >= 15 is 0 Å². The van der Waals surface area contributed by atoms with Crippen LogP contribution in [0.3, 0.4) is 0 Å². The minimum absolute atomic E-state index is 0.872. The van der Waals surface area contributed by atoms with Crippen LogP contribution >= 0.6 is 0 Å². The molecular formula is C10H10N. The van der Waals surface area contributed by atoms with Crippen LogP contribution < -0.4 is 5.32 Å². The van der Waals surface area contributed by atoms with E-state index in [1.165, 1.54) is 11.3 Å². The molecule has 1 nitrogen and oxygen atoms in total. The monoisotopic (exact) mass is 144 g/mol. The summed E-state index contributed by atoms with van der Waals surface area (Å²) in [5.41, 5.74) is 3.59. The molecule has 1 aliphatic heterocycles. The molecule has 1 radical (unpaired) electrons. The Balaban J connectivity index is 2.51. The average molecular weight is 144 g/mol. The Kier molecular flexibility index (Phi) is 1.42. The van der Waals surface area contributed by atoms with Gasteiger partial charge in [0.1, 0.15) is 0 Å². The van der Waals surface area contributed by atoms with Crippen LogP contribution in [0.1, 0.15) is 5.56 Å². The maximum Gasteiger partial charge on any atom is 0.0416 e. The molecule has 1 aliphatic rings. The molecule has 0 fully saturated rings. The van der Waals surface area contributed by atoms with Gasteiger partial charge in [-0.05, 0) is 18.6 Å². The maximum absolute atomic E-state index is 3.89. The fraction of sp³-hybridized carbons (Fsp3) is 0.100. The number of para-hydroxylation sites is 1. The van der Waals surface area contributed by atoms with E-state index in [0.717, 1.165) is 12.1 Å². The Hall–Kier alpha value is -1.24. The first-order chi connectivity index (χ1) is 5.36. The number of fused-ring (bicyclic) bond motifs is 1. The van der Waals surface area contributed by atoms with E-state index in [9.17, 15) is 0 Å². The molecule has 0 aliphatic carbocycles. The Labute approximate surface area is 66.7 Å². The van der Waals surface area contributed by atoms with E-state index in [0.29, 0.717) is 0 Å². The van der Waals surface area contributed by atoms with Gasteiger partial charge in [-0.1, -0.05) is 29.8 Å². The quantitative estimate of drug-likeness (QED) is 0.589. The molecule has 0 spiro atoms. The van der Waals surface area contributed by atoms with Crippen molar-refractivity contribution in [2.24, 2.45) is 0 Å². The molecule has 1 aromatic rings. The minimum atomic E-state index is 0.872. The first-order valence-electron chi connectivity index (χ1n) is 3.72. The first-order valence-corrected chi connectivity index (χ1v) is 3.72. The molecule has 0 unspecified atom stereocenters. The van der Waals surface area contributed by atoms with Crippen molar-refractivity contribution in [1.29, 1.82) is 0 Å². The van der Waals surface area contributed by atoms with Gasteiger partial charge in [-0.3, -0.25) is 0 Å². The number of anilines is 1. The summed E-state index contributed by atoms with van der Waals surface area (Å²) < 4.78 is 0. The maximum atomic E-state index is 3.89. The summed E-state index contributed by atoms with van der Waals surface area (Å²) in [4.78, 5) is 0. The van der Waals surface area contributed by atoms with E-state index in [-0.39, 0.29) is 0 Å². The Morgan fingerprint density at radius 3 is 3.00 bits per heavy atom. The number of nitrogens with one attached hydrogen (secondary N) is 1. The van der Waals surface area contributed by atoms with Crippen molar-refractivity contribution >= 4 is 11.8 Å². The summed E-state index contributed by atoms with van der Waals surface area (Å²) in [6, 6.07) is 8.24. The topological polar surface area (TPSA) is 12.0 Å². The molecule has 2 rings (SSSR count). The normalized spacial score (nSPS) is 14.8. The molecule has 0 bridgehead atoms. The van der Waals surface area contributed by atoms with Crippen LogP contribution in [-0.2, 0) is 0 Å². The van der Waals surface area contributed by atoms with Crippen molar-refractivity contribution in [3.63, 3.8) is 0 Å². The van der Waals surface area contributed by atoms with E-state index in [1.54, 1.807) is 0 Å². The van der Waals surface area contributed by atoms with Gasteiger partial charge >= 0.3 is 0 Å². The molecule has 1 aromatic carbocycles. The molecule has 1 heterocycles. The second-order valence-corrected chi connectivity index (χ2v) is 2.74. The second kappa shape index (κ2) is 2.42. The standard InChI is InChI=1S/C10H10N/c1-8-6-9-4-2-3-5-10(9)11-7-8/h2-6,11H,1,7H2. The van der Waals surface area contributed by atoms with Crippen molar-refractivity contribution in [3.8, 4) is 0 Å². The van der Waals surface area contributed by atoms with Crippen molar-refractivity contribution in [2.45, 2.75) is 0 Å². The largest absolute Gasteiger partial charge is 0.381 e. The molecule has 1 heteroatoms. The number of hydrogen-bond acceptors (Lipinski definition) is 1. The second-order valence-electron chi connectivity index (χ2n) is 2.74. The van der Waals surface area contributed by atoms with Crippen molar-refractivity contribution < 1.29 is 0 Å². The van der Waals surface area contributed by atoms with Gasteiger partial charge in [-0.15, -0.1) is 0 Å². The van der Waals surface area contributed by atoms with Gasteiger partial charge in [0.25, 0.3) is 0 Å². The highest BCUT2D eigenvalue weighted by molar-refractivity contribution is 5.72. The van der Waals surface area contributed by atoms with Gasteiger partial charge in [0.2, 0.25) is 0 Å². The Morgan fingerprint density at radius 1 is 1.27 bits per heavy atom. The van der Waals surface area contributed by atoms with Crippen LogP contribution in [0, 0.1) is 6.92 Å². The van der Waals surface area contributed by atoms with Crippen LogP contribution in [0.15, 0.2) is 29.8 Å². The summed E-state index contributed by atoms with van der Waals surface area (Å²) in [5.74, 6) is 0. The lowest BCUT2D eigenvalue weighted by Crippen LogP contribution is -2.08. The highest BCUT2D eigenvalue weighted by Crippen LogP contribution is 2.21. The Morgan fingerprint density at radius 2 is 2.09 bits per heavy atom. The summed E-state index contributed by atoms with van der Waals surface area (Å²) in [7, 11) is 0. The van der Waals surface area contributed by atoms with Gasteiger partial charge in [0.15, 0.2) is 0 Å². The van der Waals surface area contributed by atoms with Crippen LogP contribution in [-0.4, -0.2) is 6.54 Å².